The van der Waals surface area contributed by atoms with E-state index in [2.05, 4.69) is 4.98 Å². The summed E-state index contributed by atoms with van der Waals surface area (Å²) in [4.78, 5) is 28.5. The topological polar surface area (TPSA) is 70.5 Å². The summed E-state index contributed by atoms with van der Waals surface area (Å²) in [6, 6.07) is 3.05. The number of rotatable bonds is 6. The minimum absolute atomic E-state index is 0.00741. The van der Waals surface area contributed by atoms with Crippen molar-refractivity contribution in [3.63, 3.8) is 0 Å². The molecule has 18 heavy (non-hydrogen) atoms. The first-order chi connectivity index (χ1) is 8.60. The fraction of sp³-hybridized carbons (Fsp3) is 0.417. The van der Waals surface area contributed by atoms with E-state index < -0.39 is 5.97 Å². The van der Waals surface area contributed by atoms with Gasteiger partial charge in [-0.05, 0) is 26.0 Å². The van der Waals surface area contributed by atoms with Gasteiger partial charge in [0.05, 0.1) is 11.3 Å². The lowest BCUT2D eigenvalue weighted by molar-refractivity contribution is -0.127. The molecule has 0 saturated heterocycles. The van der Waals surface area contributed by atoms with Crippen molar-refractivity contribution in [3.8, 4) is 0 Å². The third-order valence-corrected chi connectivity index (χ3v) is 3.44. The largest absolute Gasteiger partial charge is 0.478 e. The highest BCUT2D eigenvalue weighted by Crippen LogP contribution is 2.20. The zero-order valence-corrected chi connectivity index (χ0v) is 11.2. The van der Waals surface area contributed by atoms with E-state index in [1.54, 1.807) is 11.0 Å². The molecule has 1 N–H and O–H groups in total. The summed E-state index contributed by atoms with van der Waals surface area (Å²) in [5.41, 5.74) is 0.134. The highest BCUT2D eigenvalue weighted by Gasteiger charge is 2.14. The number of aromatic nitrogens is 1. The van der Waals surface area contributed by atoms with Gasteiger partial charge in [-0.15, -0.1) is 0 Å². The molecule has 1 rings (SSSR count). The molecule has 1 aromatic heterocycles. The van der Waals surface area contributed by atoms with Gasteiger partial charge < -0.3 is 10.0 Å². The standard InChI is InChI=1S/C12H16N2O3S/c1-3-14(4-2)10(15)8-18-11-9(12(16)17)6-5-7-13-11/h5-7H,3-4,8H2,1-2H3,(H,16,17). The van der Waals surface area contributed by atoms with Gasteiger partial charge in [0, 0.05) is 19.3 Å². The number of carbonyl (C=O) groups excluding carboxylic acids is 1. The monoisotopic (exact) mass is 268 g/mol. The van der Waals surface area contributed by atoms with Crippen molar-refractivity contribution < 1.29 is 14.7 Å². The van der Waals surface area contributed by atoms with E-state index in [1.807, 2.05) is 13.8 Å². The summed E-state index contributed by atoms with van der Waals surface area (Å²) >= 11 is 1.16. The van der Waals surface area contributed by atoms with E-state index in [9.17, 15) is 9.59 Å². The van der Waals surface area contributed by atoms with Gasteiger partial charge in [0.1, 0.15) is 5.03 Å². The average molecular weight is 268 g/mol. The number of carboxylic acid groups (broad SMARTS) is 1. The number of pyridine rings is 1. The normalized spacial score (nSPS) is 10.1. The first kappa shape index (κ1) is 14.5. The highest BCUT2D eigenvalue weighted by atomic mass is 32.2. The third-order valence-electron chi connectivity index (χ3n) is 2.45. The van der Waals surface area contributed by atoms with Crippen LogP contribution in [0.2, 0.25) is 0 Å². The van der Waals surface area contributed by atoms with Crippen LogP contribution < -0.4 is 0 Å². The lowest BCUT2D eigenvalue weighted by Gasteiger charge is -2.18. The predicted molar refractivity (Wildman–Crippen MR) is 69.8 cm³/mol. The van der Waals surface area contributed by atoms with Crippen LogP contribution in [0.4, 0.5) is 0 Å². The molecule has 5 nitrogen and oxygen atoms in total. The molecule has 0 spiro atoms. The first-order valence-corrected chi connectivity index (χ1v) is 6.67. The van der Waals surface area contributed by atoms with Crippen molar-refractivity contribution in [2.75, 3.05) is 18.8 Å². The van der Waals surface area contributed by atoms with Crippen molar-refractivity contribution in [1.82, 2.24) is 9.88 Å². The highest BCUT2D eigenvalue weighted by molar-refractivity contribution is 8.00. The SMILES string of the molecule is CCN(CC)C(=O)CSc1ncccc1C(=O)O. The van der Waals surface area contributed by atoms with Crippen LogP contribution in [0.25, 0.3) is 0 Å². The number of hydrogen-bond donors (Lipinski definition) is 1. The van der Waals surface area contributed by atoms with Crippen LogP contribution >= 0.6 is 11.8 Å². The van der Waals surface area contributed by atoms with Crippen LogP contribution in [0.15, 0.2) is 23.4 Å². The molecule has 1 heterocycles. The fourth-order valence-corrected chi connectivity index (χ4v) is 2.36. The van der Waals surface area contributed by atoms with Crippen molar-refractivity contribution in [2.45, 2.75) is 18.9 Å². The van der Waals surface area contributed by atoms with Crippen molar-refractivity contribution in [3.05, 3.63) is 23.9 Å². The number of carboxylic acids is 1. The third kappa shape index (κ3) is 3.73. The van der Waals surface area contributed by atoms with Gasteiger partial charge in [0.25, 0.3) is 0 Å². The van der Waals surface area contributed by atoms with Crippen LogP contribution in [0, 0.1) is 0 Å². The first-order valence-electron chi connectivity index (χ1n) is 5.69. The molecule has 0 bridgehead atoms. The Morgan fingerprint density at radius 2 is 2.06 bits per heavy atom. The molecule has 0 radical (unpaired) electrons. The lowest BCUT2D eigenvalue weighted by Crippen LogP contribution is -2.31. The van der Waals surface area contributed by atoms with Crippen LogP contribution in [0.1, 0.15) is 24.2 Å². The molecular formula is C12H16N2O3S. The van der Waals surface area contributed by atoms with Gasteiger partial charge in [-0.25, -0.2) is 9.78 Å². The van der Waals surface area contributed by atoms with E-state index in [0.717, 1.165) is 11.8 Å². The molecule has 1 aromatic rings. The van der Waals surface area contributed by atoms with E-state index in [-0.39, 0.29) is 17.2 Å². The van der Waals surface area contributed by atoms with Crippen molar-refractivity contribution in [2.24, 2.45) is 0 Å². The Bertz CT molecular complexity index is 433. The van der Waals surface area contributed by atoms with Crippen molar-refractivity contribution in [1.29, 1.82) is 0 Å². The van der Waals surface area contributed by atoms with E-state index in [1.165, 1.54) is 12.3 Å². The summed E-state index contributed by atoms with van der Waals surface area (Å²) in [5.74, 6) is -0.827. The van der Waals surface area contributed by atoms with E-state index in [0.29, 0.717) is 18.1 Å². The Balaban J connectivity index is 2.69. The second-order valence-corrected chi connectivity index (χ2v) is 4.48. The second-order valence-electron chi connectivity index (χ2n) is 3.52. The van der Waals surface area contributed by atoms with Gasteiger partial charge >= 0.3 is 5.97 Å². The second kappa shape index (κ2) is 7.00. The zero-order chi connectivity index (χ0) is 13.5. The number of hydrogen-bond acceptors (Lipinski definition) is 4. The molecule has 98 valence electrons. The maximum Gasteiger partial charge on any atom is 0.338 e. The zero-order valence-electron chi connectivity index (χ0n) is 10.4. The number of carbonyl (C=O) groups is 2. The summed E-state index contributed by atoms with van der Waals surface area (Å²) in [7, 11) is 0. The molecule has 6 heteroatoms. The molecule has 0 aliphatic carbocycles. The van der Waals surface area contributed by atoms with E-state index >= 15 is 0 Å². The average Bonchev–Trinajstić information content (AvgIpc) is 2.38. The molecule has 0 unspecified atom stereocenters. The van der Waals surface area contributed by atoms with Crippen LogP contribution in [-0.4, -0.2) is 45.7 Å². The summed E-state index contributed by atoms with van der Waals surface area (Å²) in [5, 5.41) is 9.36. The number of nitrogens with zero attached hydrogens (tertiary/aromatic N) is 2. The van der Waals surface area contributed by atoms with E-state index in [4.69, 9.17) is 5.11 Å². The fourth-order valence-electron chi connectivity index (χ4n) is 1.47. The Labute approximate surface area is 110 Å². The molecule has 1 amide bonds. The van der Waals surface area contributed by atoms with Crippen molar-refractivity contribution >= 4 is 23.6 Å². The van der Waals surface area contributed by atoms with Gasteiger partial charge in [-0.2, -0.15) is 0 Å². The molecule has 0 aromatic carbocycles. The van der Waals surface area contributed by atoms with Gasteiger partial charge in [0.2, 0.25) is 5.91 Å². The molecule has 0 aliphatic heterocycles. The summed E-state index contributed by atoms with van der Waals surface area (Å²) in [6.45, 7) is 5.14. The molecular weight excluding hydrogens is 252 g/mol. The van der Waals surface area contributed by atoms with Crippen LogP contribution in [0.3, 0.4) is 0 Å². The maximum absolute atomic E-state index is 11.8. The summed E-state index contributed by atoms with van der Waals surface area (Å²) in [6.07, 6.45) is 1.52. The minimum Gasteiger partial charge on any atom is -0.478 e. The summed E-state index contributed by atoms with van der Waals surface area (Å²) < 4.78 is 0. The van der Waals surface area contributed by atoms with Gasteiger partial charge in [-0.1, -0.05) is 11.8 Å². The van der Waals surface area contributed by atoms with Crippen LogP contribution in [-0.2, 0) is 4.79 Å². The minimum atomic E-state index is -1.03. The Hall–Kier alpha value is -1.56. The number of aromatic carboxylic acids is 1. The Kier molecular flexibility index (Phi) is 5.64. The molecule has 0 fully saturated rings. The molecule has 0 aliphatic rings. The smallest absolute Gasteiger partial charge is 0.338 e. The molecule has 0 saturated carbocycles. The molecule has 0 atom stereocenters. The quantitative estimate of drug-likeness (QED) is 0.796. The lowest BCUT2D eigenvalue weighted by atomic mass is 10.3. The number of amides is 1. The van der Waals surface area contributed by atoms with Gasteiger partial charge in [0.15, 0.2) is 0 Å². The van der Waals surface area contributed by atoms with Gasteiger partial charge in [-0.3, -0.25) is 4.79 Å². The van der Waals surface area contributed by atoms with Crippen LogP contribution in [0.5, 0.6) is 0 Å². The number of thioether (sulfide) groups is 1. The predicted octanol–water partition coefficient (Wildman–Crippen LogP) is 1.74. The Morgan fingerprint density at radius 1 is 1.39 bits per heavy atom. The maximum atomic E-state index is 11.8. The Morgan fingerprint density at radius 3 is 2.61 bits per heavy atom.